The quantitative estimate of drug-likeness (QED) is 0.473. The molecular weight excluding hydrogens is 437 g/mol. The molecule has 9 heteroatoms. The van der Waals surface area contributed by atoms with Crippen molar-refractivity contribution in [2.75, 3.05) is 6.54 Å². The van der Waals surface area contributed by atoms with Crippen LogP contribution >= 0.6 is 11.6 Å². The van der Waals surface area contributed by atoms with Crippen LogP contribution in [0.1, 0.15) is 76.7 Å². The van der Waals surface area contributed by atoms with Gasteiger partial charge in [0, 0.05) is 42.8 Å². The molecule has 0 spiro atoms. The summed E-state index contributed by atoms with van der Waals surface area (Å²) in [4.78, 5) is 17.9. The Morgan fingerprint density at radius 1 is 1.28 bits per heavy atom. The summed E-state index contributed by atoms with van der Waals surface area (Å²) >= 11 is 6.50. The lowest BCUT2D eigenvalue weighted by atomic mass is 9.71. The van der Waals surface area contributed by atoms with E-state index in [0.29, 0.717) is 29.9 Å². The van der Waals surface area contributed by atoms with Crippen molar-refractivity contribution in [2.24, 2.45) is 0 Å². The summed E-state index contributed by atoms with van der Waals surface area (Å²) in [5.74, 6) is 0.305. The van der Waals surface area contributed by atoms with E-state index in [-0.39, 0.29) is 36.7 Å². The second-order valence-corrected chi connectivity index (χ2v) is 9.06. The van der Waals surface area contributed by atoms with Gasteiger partial charge in [-0.15, -0.1) is 0 Å². The first kappa shape index (κ1) is 24.5. The van der Waals surface area contributed by atoms with Crippen LogP contribution in [-0.4, -0.2) is 43.4 Å². The minimum atomic E-state index is -1.83. The maximum atomic E-state index is 16.5. The van der Waals surface area contributed by atoms with Crippen LogP contribution in [0.5, 0.6) is 0 Å². The highest BCUT2D eigenvalue weighted by Crippen LogP contribution is 2.49. The maximum absolute atomic E-state index is 16.5. The highest BCUT2D eigenvalue weighted by molar-refractivity contribution is 6.31. The van der Waals surface area contributed by atoms with Crippen LogP contribution in [0.4, 0.5) is 9.18 Å². The van der Waals surface area contributed by atoms with Gasteiger partial charge in [-0.1, -0.05) is 56.3 Å². The molecule has 0 saturated carbocycles. The van der Waals surface area contributed by atoms with Gasteiger partial charge in [-0.3, -0.25) is 4.98 Å². The van der Waals surface area contributed by atoms with Gasteiger partial charge in [0.2, 0.25) is 0 Å². The number of unbranched alkanes of at least 4 members (excludes halogenated alkanes) is 2. The average Bonchev–Trinajstić information content (AvgIpc) is 3.25. The van der Waals surface area contributed by atoms with Gasteiger partial charge in [0.05, 0.1) is 10.7 Å². The van der Waals surface area contributed by atoms with E-state index in [1.165, 1.54) is 11.1 Å². The number of hydrogen-bond acceptors (Lipinski definition) is 5. The third-order valence-electron chi connectivity index (χ3n) is 6.41. The molecule has 1 unspecified atom stereocenters. The molecule has 32 heavy (non-hydrogen) atoms. The van der Waals surface area contributed by atoms with Crippen LogP contribution in [0.2, 0.25) is 5.02 Å². The zero-order valence-corrected chi connectivity index (χ0v) is 19.4. The lowest BCUT2D eigenvalue weighted by Crippen LogP contribution is -2.59. The molecule has 3 heterocycles. The molecule has 1 atom stereocenters. The van der Waals surface area contributed by atoms with Crippen LogP contribution < -0.4 is 0 Å². The zero-order valence-electron chi connectivity index (χ0n) is 18.6. The van der Waals surface area contributed by atoms with E-state index in [1.807, 2.05) is 13.8 Å². The third kappa shape index (κ3) is 4.91. The van der Waals surface area contributed by atoms with E-state index < -0.39 is 17.3 Å². The molecule has 2 N–H and O–H groups in total. The number of aromatic nitrogens is 2. The van der Waals surface area contributed by atoms with Crippen LogP contribution in [0.3, 0.4) is 0 Å². The topological polar surface area (TPSA) is 99.7 Å². The van der Waals surface area contributed by atoms with E-state index in [2.05, 4.69) is 10.1 Å². The first-order valence-corrected chi connectivity index (χ1v) is 11.6. The molecule has 1 fully saturated rings. The summed E-state index contributed by atoms with van der Waals surface area (Å²) in [7, 11) is 0. The Bertz CT molecular complexity index is 930. The first-order valence-electron chi connectivity index (χ1n) is 11.2. The van der Waals surface area contributed by atoms with Crippen molar-refractivity contribution in [3.8, 4) is 11.3 Å². The van der Waals surface area contributed by atoms with Gasteiger partial charge >= 0.3 is 6.09 Å². The van der Waals surface area contributed by atoms with Crippen LogP contribution in [0.15, 0.2) is 22.9 Å². The monoisotopic (exact) mass is 467 g/mol. The average molecular weight is 468 g/mol. The maximum Gasteiger partial charge on any atom is 0.407 e. The van der Waals surface area contributed by atoms with Gasteiger partial charge in [-0.25, -0.2) is 9.18 Å². The Balaban J connectivity index is 1.96. The summed E-state index contributed by atoms with van der Waals surface area (Å²) in [5, 5.41) is 23.1. The fourth-order valence-corrected chi connectivity index (χ4v) is 5.08. The van der Waals surface area contributed by atoms with E-state index in [4.69, 9.17) is 21.2 Å². The summed E-state index contributed by atoms with van der Waals surface area (Å²) in [6, 6.07) is 3.16. The minimum Gasteiger partial charge on any atom is -0.465 e. The number of nitrogens with zero attached hydrogens (tertiary/aromatic N) is 3. The molecule has 0 aromatic carbocycles. The van der Waals surface area contributed by atoms with E-state index in [9.17, 15) is 9.90 Å². The third-order valence-corrected chi connectivity index (χ3v) is 6.70. The Hall–Kier alpha value is -2.19. The molecule has 1 aliphatic rings. The Morgan fingerprint density at radius 3 is 2.50 bits per heavy atom. The van der Waals surface area contributed by atoms with Crippen LogP contribution in [-0.2, 0) is 12.3 Å². The molecule has 3 rings (SSSR count). The summed E-state index contributed by atoms with van der Waals surface area (Å²) in [5.41, 5.74) is -1.48. The summed E-state index contributed by atoms with van der Waals surface area (Å²) in [6.07, 6.45) is 5.21. The van der Waals surface area contributed by atoms with Crippen LogP contribution in [0.25, 0.3) is 11.3 Å². The predicted octanol–water partition coefficient (Wildman–Crippen LogP) is 5.94. The Labute approximate surface area is 192 Å². The predicted molar refractivity (Wildman–Crippen MR) is 119 cm³/mol. The lowest BCUT2D eigenvalue weighted by Gasteiger charge is -2.51. The smallest absolute Gasteiger partial charge is 0.407 e. The SMILES string of the molecule is CCCCC1(CCCC)CC(F)(c2ncc(-c3cc(CO)on3)cc2Cl)CCN1C(=O)O. The largest absolute Gasteiger partial charge is 0.465 e. The Kier molecular flexibility index (Phi) is 7.77. The number of pyridine rings is 1. The number of aliphatic hydroxyl groups is 1. The number of carboxylic acid groups (broad SMARTS) is 1. The Morgan fingerprint density at radius 2 is 1.97 bits per heavy atom. The van der Waals surface area contributed by atoms with Crippen molar-refractivity contribution < 1.29 is 23.9 Å². The van der Waals surface area contributed by atoms with E-state index >= 15 is 4.39 Å². The van der Waals surface area contributed by atoms with Gasteiger partial charge in [-0.05, 0) is 18.9 Å². The molecule has 0 aliphatic carbocycles. The molecule has 0 bridgehead atoms. The van der Waals surface area contributed by atoms with Gasteiger partial charge in [0.15, 0.2) is 11.4 Å². The molecule has 1 saturated heterocycles. The zero-order chi connectivity index (χ0) is 23.4. The van der Waals surface area contributed by atoms with Crippen molar-refractivity contribution in [3.63, 3.8) is 0 Å². The number of piperidine rings is 1. The van der Waals surface area contributed by atoms with E-state index in [1.54, 1.807) is 12.1 Å². The highest BCUT2D eigenvalue weighted by Gasteiger charge is 2.52. The number of likely N-dealkylation sites (tertiary alicyclic amines) is 1. The number of hydrogen-bond donors (Lipinski definition) is 2. The summed E-state index contributed by atoms with van der Waals surface area (Å²) < 4.78 is 21.5. The highest BCUT2D eigenvalue weighted by atomic mass is 35.5. The van der Waals surface area contributed by atoms with Crippen molar-refractivity contribution in [3.05, 3.63) is 34.8 Å². The van der Waals surface area contributed by atoms with E-state index in [0.717, 1.165) is 25.7 Å². The first-order chi connectivity index (χ1) is 15.3. The fraction of sp³-hybridized carbons (Fsp3) is 0.609. The fourth-order valence-electron chi connectivity index (χ4n) is 4.75. The molecule has 1 amide bonds. The van der Waals surface area contributed by atoms with Gasteiger partial charge in [0.25, 0.3) is 0 Å². The van der Waals surface area contributed by atoms with Gasteiger partial charge in [0.1, 0.15) is 12.3 Å². The van der Waals surface area contributed by atoms with Gasteiger partial charge < -0.3 is 19.6 Å². The number of halogens is 2. The molecule has 0 radical (unpaired) electrons. The van der Waals surface area contributed by atoms with Crippen molar-refractivity contribution >= 4 is 17.7 Å². The van der Waals surface area contributed by atoms with Crippen molar-refractivity contribution in [2.45, 2.75) is 83.0 Å². The van der Waals surface area contributed by atoms with Gasteiger partial charge in [-0.2, -0.15) is 0 Å². The van der Waals surface area contributed by atoms with Crippen molar-refractivity contribution in [1.82, 2.24) is 15.0 Å². The normalized spacial score (nSPS) is 20.5. The second-order valence-electron chi connectivity index (χ2n) is 8.65. The standard InChI is InChI=1S/C23H31ClFN3O4/c1-3-5-7-22(8-6-4-2)15-23(25,9-10-28(22)21(30)31)20-18(24)11-16(13-26-20)19-12-17(14-29)32-27-19/h11-13,29H,3-10,14-15H2,1-2H3,(H,30,31). The lowest BCUT2D eigenvalue weighted by molar-refractivity contribution is -0.0461. The molecule has 2 aromatic heterocycles. The number of aliphatic hydroxyl groups excluding tert-OH is 1. The molecule has 1 aliphatic heterocycles. The number of carbonyl (C=O) groups is 1. The van der Waals surface area contributed by atoms with Crippen LogP contribution in [0, 0.1) is 0 Å². The summed E-state index contributed by atoms with van der Waals surface area (Å²) in [6.45, 7) is 3.92. The minimum absolute atomic E-state index is 0.00396. The second kappa shape index (κ2) is 10.2. The molecule has 7 nitrogen and oxygen atoms in total. The number of alkyl halides is 1. The molecule has 2 aromatic rings. The number of rotatable bonds is 9. The number of amides is 1. The van der Waals surface area contributed by atoms with Crippen molar-refractivity contribution in [1.29, 1.82) is 0 Å². The molecular formula is C23H31ClFN3O4. The molecule has 176 valence electrons.